The number of hydrogen-bond acceptors (Lipinski definition) is 1. The molecule has 0 aliphatic carbocycles. The van der Waals surface area contributed by atoms with E-state index < -0.39 is 0 Å². The minimum Gasteiger partial charge on any atom is -0.264 e. The number of aromatic nitrogens is 1. The second kappa shape index (κ2) is 8.31. The van der Waals surface area contributed by atoms with E-state index in [1.54, 1.807) is 0 Å². The van der Waals surface area contributed by atoms with Crippen molar-refractivity contribution in [3.05, 3.63) is 78.1 Å². The van der Waals surface area contributed by atoms with Crippen LogP contribution in [-0.4, -0.2) is 4.98 Å². The van der Waals surface area contributed by atoms with Crippen LogP contribution in [0.1, 0.15) is 63.5 Å². The highest BCUT2D eigenvalue weighted by molar-refractivity contribution is 5.83. The normalized spacial score (nSPS) is 12.3. The Labute approximate surface area is 158 Å². The van der Waals surface area contributed by atoms with Crippen LogP contribution in [0, 0.1) is 0 Å². The fraction of sp³-hybridized carbons (Fsp3) is 0.320. The summed E-state index contributed by atoms with van der Waals surface area (Å²) in [4.78, 5) is 4.42. The maximum Gasteiger partial charge on any atom is 0.0352 e. The van der Waals surface area contributed by atoms with Crippen LogP contribution in [-0.2, 0) is 0 Å². The van der Waals surface area contributed by atoms with Crippen LogP contribution in [0.3, 0.4) is 0 Å². The van der Waals surface area contributed by atoms with Crippen LogP contribution in [0.15, 0.2) is 67.0 Å². The zero-order chi connectivity index (χ0) is 18.5. The van der Waals surface area contributed by atoms with Gasteiger partial charge in [0.1, 0.15) is 0 Å². The number of benzene rings is 2. The molecular weight excluding hydrogens is 314 g/mol. The highest BCUT2D eigenvalue weighted by Crippen LogP contribution is 2.36. The van der Waals surface area contributed by atoms with Gasteiger partial charge in [0, 0.05) is 18.0 Å². The van der Waals surface area contributed by atoms with Gasteiger partial charge in [0.05, 0.1) is 0 Å². The Balaban J connectivity index is 2.12. The molecule has 0 aliphatic rings. The molecule has 3 rings (SSSR count). The van der Waals surface area contributed by atoms with E-state index >= 15 is 0 Å². The van der Waals surface area contributed by atoms with Crippen molar-refractivity contribution in [2.24, 2.45) is 0 Å². The molecule has 3 aromatic rings. The van der Waals surface area contributed by atoms with Crippen LogP contribution in [0.4, 0.5) is 0 Å². The van der Waals surface area contributed by atoms with Crippen LogP contribution < -0.4 is 0 Å². The summed E-state index contributed by atoms with van der Waals surface area (Å²) in [6, 6.07) is 19.7. The number of rotatable bonds is 6. The fourth-order valence-corrected chi connectivity index (χ4v) is 3.78. The third-order valence-electron chi connectivity index (χ3n) is 5.18. The number of hydrogen-bond donors (Lipinski definition) is 0. The van der Waals surface area contributed by atoms with Gasteiger partial charge in [0.15, 0.2) is 0 Å². The topological polar surface area (TPSA) is 12.9 Å². The molecule has 0 saturated carbocycles. The van der Waals surface area contributed by atoms with E-state index in [2.05, 4.69) is 87.3 Å². The lowest BCUT2D eigenvalue weighted by Crippen LogP contribution is -2.02. The molecule has 1 unspecified atom stereocenters. The second-order valence-electron chi connectivity index (χ2n) is 7.48. The molecule has 134 valence electrons. The Kier molecular flexibility index (Phi) is 5.88. The first-order chi connectivity index (χ1) is 12.6. The lowest BCUT2D eigenvalue weighted by Gasteiger charge is -2.20. The van der Waals surface area contributed by atoms with E-state index in [0.717, 1.165) is 0 Å². The maximum absolute atomic E-state index is 4.42. The van der Waals surface area contributed by atoms with Gasteiger partial charge in [-0.1, -0.05) is 82.6 Å². The maximum atomic E-state index is 4.42. The molecule has 1 aromatic heterocycles. The summed E-state index contributed by atoms with van der Waals surface area (Å²) >= 11 is 0. The SMILES string of the molecule is CCCC(C)c1cc(-c2cnccc2-c2ccccc2)ccc1C(C)C. The highest BCUT2D eigenvalue weighted by atomic mass is 14.6. The van der Waals surface area contributed by atoms with E-state index in [1.807, 2.05) is 12.4 Å². The van der Waals surface area contributed by atoms with Crippen molar-refractivity contribution in [3.63, 3.8) is 0 Å². The Hall–Kier alpha value is -2.41. The van der Waals surface area contributed by atoms with E-state index in [9.17, 15) is 0 Å². The molecule has 0 radical (unpaired) electrons. The summed E-state index contributed by atoms with van der Waals surface area (Å²) in [5, 5.41) is 0. The van der Waals surface area contributed by atoms with Gasteiger partial charge in [-0.05, 0) is 52.1 Å². The van der Waals surface area contributed by atoms with Gasteiger partial charge in [0.2, 0.25) is 0 Å². The van der Waals surface area contributed by atoms with Crippen molar-refractivity contribution < 1.29 is 0 Å². The molecule has 0 aliphatic heterocycles. The lowest BCUT2D eigenvalue weighted by molar-refractivity contribution is 0.651. The summed E-state index contributed by atoms with van der Waals surface area (Å²) in [5.74, 6) is 1.12. The van der Waals surface area contributed by atoms with Crippen LogP contribution in [0.25, 0.3) is 22.3 Å². The van der Waals surface area contributed by atoms with E-state index in [0.29, 0.717) is 11.8 Å². The van der Waals surface area contributed by atoms with Crippen molar-refractivity contribution in [2.75, 3.05) is 0 Å². The zero-order valence-electron chi connectivity index (χ0n) is 16.4. The molecule has 1 atom stereocenters. The fourth-order valence-electron chi connectivity index (χ4n) is 3.78. The predicted molar refractivity (Wildman–Crippen MR) is 113 cm³/mol. The summed E-state index contributed by atoms with van der Waals surface area (Å²) in [5.41, 5.74) is 7.91. The monoisotopic (exact) mass is 343 g/mol. The van der Waals surface area contributed by atoms with E-state index in [-0.39, 0.29) is 0 Å². The Morgan fingerprint density at radius 1 is 0.808 bits per heavy atom. The predicted octanol–water partition coefficient (Wildman–Crippen LogP) is 7.44. The molecule has 0 amide bonds. The highest BCUT2D eigenvalue weighted by Gasteiger charge is 2.15. The smallest absolute Gasteiger partial charge is 0.0352 e. The Bertz CT molecular complexity index is 849. The molecule has 0 spiro atoms. The Morgan fingerprint density at radius 2 is 1.58 bits per heavy atom. The van der Waals surface area contributed by atoms with Gasteiger partial charge in [-0.3, -0.25) is 4.98 Å². The van der Waals surface area contributed by atoms with Gasteiger partial charge in [-0.25, -0.2) is 0 Å². The largest absolute Gasteiger partial charge is 0.264 e. The molecular formula is C25H29N. The lowest BCUT2D eigenvalue weighted by atomic mass is 9.84. The van der Waals surface area contributed by atoms with Crippen molar-refractivity contribution in [2.45, 2.75) is 52.4 Å². The molecule has 0 fully saturated rings. The van der Waals surface area contributed by atoms with Crippen molar-refractivity contribution in [1.29, 1.82) is 0 Å². The quantitative estimate of drug-likeness (QED) is 0.453. The van der Waals surface area contributed by atoms with Crippen LogP contribution in [0.5, 0.6) is 0 Å². The molecule has 2 aromatic carbocycles. The number of pyridine rings is 1. The molecule has 1 heterocycles. The third-order valence-corrected chi connectivity index (χ3v) is 5.18. The van der Waals surface area contributed by atoms with E-state index in [1.165, 1.54) is 46.2 Å². The first-order valence-corrected chi connectivity index (χ1v) is 9.75. The van der Waals surface area contributed by atoms with Crippen molar-refractivity contribution in [1.82, 2.24) is 4.98 Å². The van der Waals surface area contributed by atoms with Crippen LogP contribution >= 0.6 is 0 Å². The molecule has 26 heavy (non-hydrogen) atoms. The average Bonchev–Trinajstić information content (AvgIpc) is 2.68. The standard InChI is InChI=1S/C25H29N/c1-5-9-19(4)24-16-21(12-13-22(24)18(2)3)25-17-26-15-14-23(25)20-10-7-6-8-11-20/h6-8,10-19H,5,9H2,1-4H3. The molecule has 0 bridgehead atoms. The summed E-state index contributed by atoms with van der Waals surface area (Å²) in [6.45, 7) is 9.20. The van der Waals surface area contributed by atoms with Gasteiger partial charge >= 0.3 is 0 Å². The van der Waals surface area contributed by atoms with Crippen molar-refractivity contribution >= 4 is 0 Å². The van der Waals surface area contributed by atoms with E-state index in [4.69, 9.17) is 0 Å². The van der Waals surface area contributed by atoms with Crippen LogP contribution in [0.2, 0.25) is 0 Å². The second-order valence-corrected chi connectivity index (χ2v) is 7.48. The summed E-state index contributed by atoms with van der Waals surface area (Å²) in [6.07, 6.45) is 6.32. The third kappa shape index (κ3) is 3.88. The first-order valence-electron chi connectivity index (χ1n) is 9.75. The minimum atomic E-state index is 0.542. The zero-order valence-corrected chi connectivity index (χ0v) is 16.4. The van der Waals surface area contributed by atoms with Gasteiger partial charge < -0.3 is 0 Å². The molecule has 0 saturated heterocycles. The van der Waals surface area contributed by atoms with Gasteiger partial charge in [-0.2, -0.15) is 0 Å². The summed E-state index contributed by atoms with van der Waals surface area (Å²) < 4.78 is 0. The minimum absolute atomic E-state index is 0.542. The first kappa shape index (κ1) is 18.4. The molecule has 1 heteroatoms. The number of nitrogens with zero attached hydrogens (tertiary/aromatic N) is 1. The van der Waals surface area contributed by atoms with Gasteiger partial charge in [-0.15, -0.1) is 0 Å². The Morgan fingerprint density at radius 3 is 2.27 bits per heavy atom. The molecule has 1 nitrogen and oxygen atoms in total. The summed E-state index contributed by atoms with van der Waals surface area (Å²) in [7, 11) is 0. The van der Waals surface area contributed by atoms with Crippen molar-refractivity contribution in [3.8, 4) is 22.3 Å². The average molecular weight is 344 g/mol. The molecule has 0 N–H and O–H groups in total. The van der Waals surface area contributed by atoms with Gasteiger partial charge in [0.25, 0.3) is 0 Å².